The number of carbonyl (C=O) groups is 2. The fourth-order valence-corrected chi connectivity index (χ4v) is 7.17. The summed E-state index contributed by atoms with van der Waals surface area (Å²) in [7, 11) is 3.37. The van der Waals surface area contributed by atoms with E-state index in [9.17, 15) is 9.59 Å². The highest BCUT2D eigenvalue weighted by atomic mass is 16.6. The van der Waals surface area contributed by atoms with E-state index < -0.39 is 5.60 Å². The highest BCUT2D eigenvalue weighted by molar-refractivity contribution is 6.05. The van der Waals surface area contributed by atoms with Gasteiger partial charge in [-0.15, -0.1) is 0 Å². The summed E-state index contributed by atoms with van der Waals surface area (Å²) >= 11 is 0. The van der Waals surface area contributed by atoms with E-state index in [-0.39, 0.29) is 36.9 Å². The molecule has 4 aromatic rings. The summed E-state index contributed by atoms with van der Waals surface area (Å²) in [6.45, 7) is 16.7. The number of hydrogen-bond donors (Lipinski definition) is 0. The second-order valence-electron chi connectivity index (χ2n) is 15.4. The SMILES string of the molecule is COCC(C)n1c(C2CCN(C(=O)COCCOCCOCCOCCOCCC(=O)OC(C)(C)C)CC2)nc2cnc3cc(-c4c(C)noc4C)c(OC)cc3c21. The standard InChI is InChI=1S/C42H61N5O11/c1-28(26-50-7)47-40-32-24-36(51-8)33(39-29(2)45-58-30(39)3)23-34(32)43-25-35(40)44-41(47)31-9-12-46(13-10-31)37(48)27-56-22-21-55-20-19-54-18-17-53-16-15-52-14-11-38(49)57-42(4,5)6/h23-25,28,31H,9-22,26-27H2,1-8H3. The number of fused-ring (bicyclic) bond motifs is 3. The number of likely N-dealkylation sites (tertiary alicyclic amines) is 1. The largest absolute Gasteiger partial charge is 0.496 e. The lowest BCUT2D eigenvalue weighted by Gasteiger charge is -2.32. The van der Waals surface area contributed by atoms with Gasteiger partial charge in [-0.25, -0.2) is 4.98 Å². The highest BCUT2D eigenvalue weighted by Crippen LogP contribution is 2.41. The van der Waals surface area contributed by atoms with Crippen molar-refractivity contribution < 1.29 is 52.0 Å². The fourth-order valence-electron chi connectivity index (χ4n) is 7.17. The summed E-state index contributed by atoms with van der Waals surface area (Å²) in [4.78, 5) is 36.6. The van der Waals surface area contributed by atoms with Gasteiger partial charge in [0.05, 0.1) is 114 Å². The van der Waals surface area contributed by atoms with Gasteiger partial charge in [-0.3, -0.25) is 14.6 Å². The summed E-state index contributed by atoms with van der Waals surface area (Å²) in [6, 6.07) is 4.06. The number of esters is 1. The normalized spacial score (nSPS) is 14.4. The average Bonchev–Trinajstić information content (AvgIpc) is 3.75. The van der Waals surface area contributed by atoms with Gasteiger partial charge in [0.15, 0.2) is 0 Å². The monoisotopic (exact) mass is 811 g/mol. The average molecular weight is 812 g/mol. The van der Waals surface area contributed by atoms with Crippen molar-refractivity contribution in [2.45, 2.75) is 78.4 Å². The Morgan fingerprint density at radius 1 is 0.879 bits per heavy atom. The molecule has 3 aromatic heterocycles. The lowest BCUT2D eigenvalue weighted by Crippen LogP contribution is -2.40. The summed E-state index contributed by atoms with van der Waals surface area (Å²) in [5.74, 6) is 2.22. The summed E-state index contributed by atoms with van der Waals surface area (Å²) < 4.78 is 52.2. The van der Waals surface area contributed by atoms with Crippen LogP contribution in [0.15, 0.2) is 22.9 Å². The number of ether oxygens (including phenoxy) is 8. The molecule has 5 rings (SSSR count). The molecule has 1 atom stereocenters. The molecule has 1 unspecified atom stereocenters. The second kappa shape index (κ2) is 21.7. The number of piperidine rings is 1. The number of rotatable bonds is 23. The van der Waals surface area contributed by atoms with Crippen molar-refractivity contribution in [3.05, 3.63) is 35.6 Å². The molecule has 58 heavy (non-hydrogen) atoms. The van der Waals surface area contributed by atoms with Gasteiger partial charge in [-0.2, -0.15) is 0 Å². The molecule has 0 saturated carbocycles. The zero-order valence-corrected chi connectivity index (χ0v) is 35.4. The van der Waals surface area contributed by atoms with E-state index in [1.54, 1.807) is 14.2 Å². The van der Waals surface area contributed by atoms with Gasteiger partial charge in [0.2, 0.25) is 5.91 Å². The van der Waals surface area contributed by atoms with E-state index >= 15 is 0 Å². The number of nitrogens with zero attached hydrogens (tertiary/aromatic N) is 5. The number of methoxy groups -OCH3 is 2. The van der Waals surface area contributed by atoms with Crippen LogP contribution < -0.4 is 4.74 Å². The smallest absolute Gasteiger partial charge is 0.308 e. The first-order chi connectivity index (χ1) is 27.9. The first-order valence-electron chi connectivity index (χ1n) is 20.1. The summed E-state index contributed by atoms with van der Waals surface area (Å²) in [5, 5.41) is 5.08. The second-order valence-corrected chi connectivity index (χ2v) is 15.4. The van der Waals surface area contributed by atoms with E-state index in [1.807, 2.05) is 57.8 Å². The molecule has 0 aliphatic carbocycles. The van der Waals surface area contributed by atoms with Gasteiger partial charge < -0.3 is 51.9 Å². The van der Waals surface area contributed by atoms with E-state index in [2.05, 4.69) is 16.6 Å². The van der Waals surface area contributed by atoms with Crippen molar-refractivity contribution in [1.29, 1.82) is 0 Å². The van der Waals surface area contributed by atoms with E-state index in [0.717, 1.165) is 57.4 Å². The number of aromatic nitrogens is 4. The minimum atomic E-state index is -0.492. The van der Waals surface area contributed by atoms with Gasteiger partial charge in [-0.05, 0) is 66.5 Å². The summed E-state index contributed by atoms with van der Waals surface area (Å²) in [6.07, 6.45) is 3.60. The molecule has 0 N–H and O–H groups in total. The highest BCUT2D eigenvalue weighted by Gasteiger charge is 2.30. The molecule has 320 valence electrons. The minimum absolute atomic E-state index is 0.000709. The molecule has 16 nitrogen and oxygen atoms in total. The van der Waals surface area contributed by atoms with Crippen LogP contribution in [0.5, 0.6) is 5.75 Å². The third-order valence-corrected chi connectivity index (χ3v) is 9.81. The number of hydrogen-bond acceptors (Lipinski definition) is 14. The third-order valence-electron chi connectivity index (χ3n) is 9.81. The van der Waals surface area contributed by atoms with Crippen LogP contribution >= 0.6 is 0 Å². The first-order valence-corrected chi connectivity index (χ1v) is 20.1. The number of carbonyl (C=O) groups excluding carboxylic acids is 2. The molecule has 4 heterocycles. The Kier molecular flexibility index (Phi) is 16.8. The maximum atomic E-state index is 13.0. The van der Waals surface area contributed by atoms with Gasteiger partial charge >= 0.3 is 5.97 Å². The molecule has 1 amide bonds. The summed E-state index contributed by atoms with van der Waals surface area (Å²) in [5.41, 5.74) is 4.67. The molecule has 1 fully saturated rings. The van der Waals surface area contributed by atoms with Crippen molar-refractivity contribution in [2.75, 3.05) is 100.0 Å². The predicted molar refractivity (Wildman–Crippen MR) is 216 cm³/mol. The van der Waals surface area contributed by atoms with Crippen LogP contribution in [0.25, 0.3) is 33.1 Å². The molecule has 1 aromatic carbocycles. The molecule has 1 aliphatic rings. The van der Waals surface area contributed by atoms with Crippen molar-refractivity contribution in [3.8, 4) is 16.9 Å². The van der Waals surface area contributed by atoms with Crippen LogP contribution in [-0.2, 0) is 42.7 Å². The minimum Gasteiger partial charge on any atom is -0.496 e. The van der Waals surface area contributed by atoms with Crippen LogP contribution in [-0.4, -0.2) is 142 Å². The van der Waals surface area contributed by atoms with E-state index in [1.165, 1.54) is 0 Å². The van der Waals surface area contributed by atoms with Gasteiger partial charge in [-0.1, -0.05) is 5.16 Å². The maximum absolute atomic E-state index is 13.0. The Hall–Kier alpha value is -4.19. The Morgan fingerprint density at radius 2 is 1.50 bits per heavy atom. The molecule has 1 saturated heterocycles. The quantitative estimate of drug-likeness (QED) is 0.0671. The molecular weight excluding hydrogens is 750 g/mol. The number of pyridine rings is 1. The lowest BCUT2D eigenvalue weighted by atomic mass is 9.95. The maximum Gasteiger partial charge on any atom is 0.308 e. The molecule has 0 spiro atoms. The van der Waals surface area contributed by atoms with E-state index in [0.29, 0.717) is 90.7 Å². The number of amides is 1. The Balaban J connectivity index is 1.02. The van der Waals surface area contributed by atoms with Gasteiger partial charge in [0.1, 0.15) is 35.1 Å². The molecule has 1 aliphatic heterocycles. The lowest BCUT2D eigenvalue weighted by molar-refractivity contribution is -0.156. The molecule has 16 heteroatoms. The predicted octanol–water partition coefficient (Wildman–Crippen LogP) is 5.59. The first kappa shape index (κ1) is 44.9. The third kappa shape index (κ3) is 12.2. The van der Waals surface area contributed by atoms with Gasteiger partial charge in [0.25, 0.3) is 0 Å². The number of imidazole rings is 1. The topological polar surface area (TPSA) is 168 Å². The van der Waals surface area contributed by atoms with Crippen LogP contribution in [0, 0.1) is 13.8 Å². The van der Waals surface area contributed by atoms with Gasteiger partial charge in [0, 0.05) is 37.1 Å². The van der Waals surface area contributed by atoms with Crippen molar-refractivity contribution in [1.82, 2.24) is 24.6 Å². The Labute approximate surface area is 340 Å². The van der Waals surface area contributed by atoms with Crippen molar-refractivity contribution in [3.63, 3.8) is 0 Å². The number of benzene rings is 1. The van der Waals surface area contributed by atoms with E-state index in [4.69, 9.17) is 52.4 Å². The van der Waals surface area contributed by atoms with Crippen LogP contribution in [0.3, 0.4) is 0 Å². The number of aryl methyl sites for hydroxylation is 2. The zero-order chi connectivity index (χ0) is 41.7. The van der Waals surface area contributed by atoms with Crippen molar-refractivity contribution >= 4 is 33.8 Å². The molecule has 0 radical (unpaired) electrons. The van der Waals surface area contributed by atoms with Crippen LogP contribution in [0.1, 0.15) is 76.2 Å². The fraction of sp³-hybridized carbons (Fsp3) is 0.643. The Morgan fingerprint density at radius 3 is 2.07 bits per heavy atom. The molecular formula is C42H61N5O11. The van der Waals surface area contributed by atoms with Crippen LogP contribution in [0.4, 0.5) is 0 Å². The molecule has 0 bridgehead atoms. The van der Waals surface area contributed by atoms with Crippen molar-refractivity contribution in [2.24, 2.45) is 0 Å². The Bertz CT molecular complexity index is 1910. The van der Waals surface area contributed by atoms with Crippen LogP contribution in [0.2, 0.25) is 0 Å². The zero-order valence-electron chi connectivity index (χ0n) is 35.4.